The van der Waals surface area contributed by atoms with Crippen LogP contribution in [0.2, 0.25) is 0 Å². The predicted octanol–water partition coefficient (Wildman–Crippen LogP) is 2.63. The number of aliphatic hydroxyl groups excluding tert-OH is 1. The molecule has 1 aromatic carbocycles. The lowest BCUT2D eigenvalue weighted by molar-refractivity contribution is -0.143. The van der Waals surface area contributed by atoms with Crippen molar-refractivity contribution >= 4 is 28.0 Å². The molecule has 32 heavy (non-hydrogen) atoms. The van der Waals surface area contributed by atoms with Gasteiger partial charge in [0.1, 0.15) is 5.65 Å². The number of carbonyl (C=O) groups excluding carboxylic acids is 1. The van der Waals surface area contributed by atoms with Gasteiger partial charge < -0.3 is 20.0 Å². The number of imidazole rings is 1. The fourth-order valence-corrected chi connectivity index (χ4v) is 4.52. The minimum atomic E-state index is -1.63. The Hall–Kier alpha value is -3.53. The summed E-state index contributed by atoms with van der Waals surface area (Å²) in [4.78, 5) is 37.5. The number of hydrogen-bond acceptors (Lipinski definition) is 4. The Bertz CT molecular complexity index is 1390. The SMILES string of the molecule is C[C@@H]1CCN(C(=O)C(O)c2ccc(F)c(F)c2)C[C@@H]1n1c(=O)[nH]c2cnc3[nH]ccc3c21. The molecule has 3 atom stereocenters. The van der Waals surface area contributed by atoms with Gasteiger partial charge in [0.15, 0.2) is 17.7 Å². The van der Waals surface area contributed by atoms with Gasteiger partial charge in [-0.2, -0.15) is 0 Å². The van der Waals surface area contributed by atoms with E-state index in [1.165, 1.54) is 11.0 Å². The quantitative estimate of drug-likeness (QED) is 0.454. The standard InChI is InChI=1S/C22H21F2N5O3/c1-11-5-7-28(21(31)19(30)12-2-3-14(23)15(24)8-12)10-17(11)29-18-13-4-6-25-20(13)26-9-16(18)27-22(29)32/h2-4,6,8-9,11,17,19,30H,5,7,10H2,1H3,(H,25,26)(H,27,32)/t11-,17+,19?/m1/s1. The van der Waals surface area contributed by atoms with Crippen LogP contribution in [-0.2, 0) is 4.79 Å². The van der Waals surface area contributed by atoms with Gasteiger partial charge in [-0.25, -0.2) is 18.6 Å². The van der Waals surface area contributed by atoms with E-state index >= 15 is 0 Å². The summed E-state index contributed by atoms with van der Waals surface area (Å²) < 4.78 is 28.5. The third kappa shape index (κ3) is 3.18. The van der Waals surface area contributed by atoms with Crippen molar-refractivity contribution in [2.45, 2.75) is 25.5 Å². The number of H-pyrrole nitrogens is 2. The minimum absolute atomic E-state index is 0.0200. The lowest BCUT2D eigenvalue weighted by Crippen LogP contribution is -2.47. The van der Waals surface area contributed by atoms with Crippen molar-refractivity contribution in [3.05, 3.63) is 64.3 Å². The summed E-state index contributed by atoms with van der Waals surface area (Å²) in [5.74, 6) is -2.72. The first-order chi connectivity index (χ1) is 15.3. The molecule has 8 nitrogen and oxygen atoms in total. The molecule has 0 radical (unpaired) electrons. The Morgan fingerprint density at radius 1 is 1.28 bits per heavy atom. The number of amides is 1. The second-order valence-corrected chi connectivity index (χ2v) is 8.25. The summed E-state index contributed by atoms with van der Waals surface area (Å²) in [6, 6.07) is 4.39. The zero-order chi connectivity index (χ0) is 22.6. The van der Waals surface area contributed by atoms with Gasteiger partial charge in [-0.15, -0.1) is 0 Å². The summed E-state index contributed by atoms with van der Waals surface area (Å²) in [6.07, 6.45) is 2.33. The van der Waals surface area contributed by atoms with Gasteiger partial charge in [-0.3, -0.25) is 9.36 Å². The molecule has 0 aliphatic carbocycles. The summed E-state index contributed by atoms with van der Waals surface area (Å²) in [7, 11) is 0. The number of halogens is 2. The number of hydrogen-bond donors (Lipinski definition) is 3. The maximum Gasteiger partial charge on any atom is 0.326 e. The lowest BCUT2D eigenvalue weighted by atomic mass is 9.92. The smallest absolute Gasteiger partial charge is 0.326 e. The Labute approximate surface area is 180 Å². The molecule has 1 saturated heterocycles. The minimum Gasteiger partial charge on any atom is -0.378 e. The van der Waals surface area contributed by atoms with E-state index in [9.17, 15) is 23.5 Å². The summed E-state index contributed by atoms with van der Waals surface area (Å²) >= 11 is 0. The van der Waals surface area contributed by atoms with Gasteiger partial charge in [0.2, 0.25) is 0 Å². The van der Waals surface area contributed by atoms with Crippen LogP contribution in [0, 0.1) is 17.6 Å². The van der Waals surface area contributed by atoms with E-state index < -0.39 is 23.6 Å². The molecule has 0 bridgehead atoms. The molecule has 1 amide bonds. The molecule has 1 aliphatic rings. The first kappa shape index (κ1) is 20.4. The monoisotopic (exact) mass is 441 g/mol. The van der Waals surface area contributed by atoms with Crippen LogP contribution < -0.4 is 5.69 Å². The highest BCUT2D eigenvalue weighted by Gasteiger charge is 2.35. The van der Waals surface area contributed by atoms with Gasteiger partial charge in [0, 0.05) is 24.7 Å². The summed E-state index contributed by atoms with van der Waals surface area (Å²) in [5.41, 5.74) is 1.62. The van der Waals surface area contributed by atoms with E-state index in [1.54, 1.807) is 17.0 Å². The van der Waals surface area contributed by atoms with Crippen molar-refractivity contribution in [2.24, 2.45) is 5.92 Å². The average Bonchev–Trinajstić information content (AvgIpc) is 3.38. The van der Waals surface area contributed by atoms with Crippen LogP contribution in [-0.4, -0.2) is 48.5 Å². The molecular formula is C22H21F2N5O3. The number of nitrogens with zero attached hydrogens (tertiary/aromatic N) is 3. The Morgan fingerprint density at radius 2 is 2.09 bits per heavy atom. The fourth-order valence-electron chi connectivity index (χ4n) is 4.52. The van der Waals surface area contributed by atoms with Crippen LogP contribution in [0.3, 0.4) is 0 Å². The van der Waals surface area contributed by atoms with E-state index in [-0.39, 0.29) is 29.8 Å². The molecule has 0 saturated carbocycles. The van der Waals surface area contributed by atoms with Crippen molar-refractivity contribution in [1.29, 1.82) is 0 Å². The van der Waals surface area contributed by atoms with Crippen LogP contribution in [0.4, 0.5) is 8.78 Å². The Balaban J connectivity index is 1.49. The maximum absolute atomic E-state index is 13.6. The number of aromatic amines is 2. The van der Waals surface area contributed by atoms with Crippen molar-refractivity contribution in [3.8, 4) is 0 Å². The third-order valence-corrected chi connectivity index (χ3v) is 6.31. The fraction of sp³-hybridized carbons (Fsp3) is 0.318. The molecule has 4 aromatic rings. The second kappa shape index (κ2) is 7.56. The highest BCUT2D eigenvalue weighted by atomic mass is 19.2. The first-order valence-corrected chi connectivity index (χ1v) is 10.3. The first-order valence-electron chi connectivity index (χ1n) is 10.3. The van der Waals surface area contributed by atoms with E-state index in [0.29, 0.717) is 29.6 Å². The zero-order valence-corrected chi connectivity index (χ0v) is 17.2. The van der Waals surface area contributed by atoms with Crippen molar-refractivity contribution in [2.75, 3.05) is 13.1 Å². The molecule has 1 aliphatic heterocycles. The van der Waals surface area contributed by atoms with Crippen LogP contribution in [0.1, 0.15) is 31.1 Å². The highest BCUT2D eigenvalue weighted by Crippen LogP contribution is 2.32. The number of fused-ring (bicyclic) bond motifs is 3. The van der Waals surface area contributed by atoms with Gasteiger partial charge in [0.25, 0.3) is 5.91 Å². The average molecular weight is 441 g/mol. The largest absolute Gasteiger partial charge is 0.378 e. The second-order valence-electron chi connectivity index (χ2n) is 8.25. The molecular weight excluding hydrogens is 420 g/mol. The van der Waals surface area contributed by atoms with Crippen LogP contribution in [0.25, 0.3) is 22.1 Å². The normalized spacial score (nSPS) is 20.2. The Morgan fingerprint density at radius 3 is 2.88 bits per heavy atom. The molecule has 0 spiro atoms. The maximum atomic E-state index is 13.6. The van der Waals surface area contributed by atoms with Crippen molar-refractivity contribution < 1.29 is 18.7 Å². The van der Waals surface area contributed by atoms with Gasteiger partial charge in [-0.1, -0.05) is 13.0 Å². The molecule has 1 unspecified atom stereocenters. The lowest BCUT2D eigenvalue weighted by Gasteiger charge is -2.38. The van der Waals surface area contributed by atoms with E-state index in [2.05, 4.69) is 15.0 Å². The van der Waals surface area contributed by atoms with E-state index in [0.717, 1.165) is 17.5 Å². The molecule has 10 heteroatoms. The number of benzene rings is 1. The van der Waals surface area contributed by atoms with Crippen molar-refractivity contribution in [3.63, 3.8) is 0 Å². The van der Waals surface area contributed by atoms with Gasteiger partial charge >= 0.3 is 5.69 Å². The number of pyridine rings is 1. The number of likely N-dealkylation sites (tertiary alicyclic amines) is 1. The number of carbonyl (C=O) groups is 1. The molecule has 3 aromatic heterocycles. The Kier molecular flexibility index (Phi) is 4.81. The summed E-state index contributed by atoms with van der Waals surface area (Å²) in [5, 5.41) is 11.3. The molecule has 1 fully saturated rings. The number of nitrogens with one attached hydrogen (secondary N) is 2. The topological polar surface area (TPSA) is 107 Å². The molecule has 3 N–H and O–H groups in total. The van der Waals surface area contributed by atoms with E-state index in [1.807, 2.05) is 13.0 Å². The number of piperidine rings is 1. The van der Waals surface area contributed by atoms with Crippen LogP contribution in [0.5, 0.6) is 0 Å². The number of rotatable bonds is 3. The molecule has 5 rings (SSSR count). The van der Waals surface area contributed by atoms with Gasteiger partial charge in [0.05, 0.1) is 23.3 Å². The van der Waals surface area contributed by atoms with Crippen LogP contribution in [0.15, 0.2) is 41.5 Å². The van der Waals surface area contributed by atoms with Crippen molar-refractivity contribution in [1.82, 2.24) is 24.4 Å². The highest BCUT2D eigenvalue weighted by molar-refractivity contribution is 6.01. The molecule has 166 valence electrons. The summed E-state index contributed by atoms with van der Waals surface area (Å²) in [6.45, 7) is 2.59. The number of aromatic nitrogens is 4. The van der Waals surface area contributed by atoms with Gasteiger partial charge in [-0.05, 0) is 36.1 Å². The van der Waals surface area contributed by atoms with E-state index in [4.69, 9.17) is 0 Å². The van der Waals surface area contributed by atoms with Crippen LogP contribution >= 0.6 is 0 Å². The predicted molar refractivity (Wildman–Crippen MR) is 113 cm³/mol. The third-order valence-electron chi connectivity index (χ3n) is 6.31. The molecule has 4 heterocycles. The number of aliphatic hydroxyl groups is 1. The zero-order valence-electron chi connectivity index (χ0n) is 17.2.